The van der Waals surface area contributed by atoms with Gasteiger partial charge in [-0.3, -0.25) is 9.59 Å². The number of halogens is 5. The van der Waals surface area contributed by atoms with Crippen LogP contribution >= 0.6 is 23.2 Å². The van der Waals surface area contributed by atoms with E-state index in [1.54, 1.807) is 36.7 Å². The zero-order valence-corrected chi connectivity index (χ0v) is 27.9. The predicted octanol–water partition coefficient (Wildman–Crippen LogP) is 6.71. The van der Waals surface area contributed by atoms with E-state index in [9.17, 15) is 27.9 Å². The zero-order valence-electron chi connectivity index (χ0n) is 26.4. The lowest BCUT2D eigenvalue weighted by molar-refractivity contribution is -0.182. The summed E-state index contributed by atoms with van der Waals surface area (Å²) in [6.07, 6.45) is -3.81. The van der Waals surface area contributed by atoms with Gasteiger partial charge in [-0.25, -0.2) is 4.98 Å². The SMILES string of the molecule is Cn1c(Nc2c(Cl)ccc(CNC(=O)C(C)(C)C)c2Cl)nc2cc(C(=O)N[C@H]3CC[C@H](C(F)(F)F)CC3)c(N3CC(C)(O)C3)cc21. The van der Waals surface area contributed by atoms with Gasteiger partial charge >= 0.3 is 6.18 Å². The molecule has 2 aromatic carbocycles. The number of carbonyl (C=O) groups is 2. The van der Waals surface area contributed by atoms with E-state index in [1.807, 2.05) is 31.7 Å². The molecule has 1 saturated heterocycles. The number of rotatable bonds is 7. The highest BCUT2D eigenvalue weighted by molar-refractivity contribution is 6.39. The van der Waals surface area contributed by atoms with Gasteiger partial charge in [0.1, 0.15) is 0 Å². The number of nitrogens with zero attached hydrogens (tertiary/aromatic N) is 3. The third-order valence-corrected chi connectivity index (χ3v) is 9.45. The Hall–Kier alpha value is -3.22. The van der Waals surface area contributed by atoms with Crippen LogP contribution in [0.25, 0.3) is 11.0 Å². The maximum absolute atomic E-state index is 13.6. The van der Waals surface area contributed by atoms with Gasteiger partial charge < -0.3 is 30.5 Å². The Kier molecular flexibility index (Phi) is 9.22. The first-order valence-electron chi connectivity index (χ1n) is 15.2. The van der Waals surface area contributed by atoms with Crippen LogP contribution in [0.1, 0.15) is 69.3 Å². The first-order chi connectivity index (χ1) is 21.3. The Morgan fingerprint density at radius 2 is 1.74 bits per heavy atom. The highest BCUT2D eigenvalue weighted by Gasteiger charge is 2.42. The number of anilines is 3. The fourth-order valence-electron chi connectivity index (χ4n) is 5.96. The minimum absolute atomic E-state index is 0.0279. The lowest BCUT2D eigenvalue weighted by atomic mass is 9.85. The van der Waals surface area contributed by atoms with E-state index in [2.05, 4.69) is 16.0 Å². The second-order valence-corrected chi connectivity index (χ2v) is 14.5. The first kappa shape index (κ1) is 34.1. The zero-order chi connectivity index (χ0) is 33.8. The van der Waals surface area contributed by atoms with Gasteiger partial charge in [-0.15, -0.1) is 0 Å². The van der Waals surface area contributed by atoms with Crippen molar-refractivity contribution in [2.24, 2.45) is 18.4 Å². The normalized spacial score (nSPS) is 19.9. The molecular formula is C32H39Cl2F3N6O3. The molecule has 2 aliphatic rings. The number of β-amino-alcohol motifs (C(OH)–C–C–N with tert-alkyl or cyclic N) is 1. The van der Waals surface area contributed by atoms with Gasteiger partial charge in [0, 0.05) is 38.1 Å². The highest BCUT2D eigenvalue weighted by atomic mass is 35.5. The highest BCUT2D eigenvalue weighted by Crippen LogP contribution is 2.40. The molecule has 0 bridgehead atoms. The Morgan fingerprint density at radius 1 is 1.09 bits per heavy atom. The van der Waals surface area contributed by atoms with Gasteiger partial charge in [-0.05, 0) is 56.4 Å². The summed E-state index contributed by atoms with van der Waals surface area (Å²) in [6.45, 7) is 7.98. The van der Waals surface area contributed by atoms with E-state index in [0.717, 1.165) is 0 Å². The van der Waals surface area contributed by atoms with Crippen molar-refractivity contribution in [3.05, 3.63) is 45.4 Å². The second-order valence-electron chi connectivity index (χ2n) is 13.7. The van der Waals surface area contributed by atoms with Gasteiger partial charge in [-0.1, -0.05) is 50.0 Å². The van der Waals surface area contributed by atoms with Crippen molar-refractivity contribution in [2.75, 3.05) is 23.3 Å². The topological polar surface area (TPSA) is 112 Å². The van der Waals surface area contributed by atoms with E-state index < -0.39 is 29.0 Å². The molecule has 0 atom stereocenters. The average molecular weight is 684 g/mol. The van der Waals surface area contributed by atoms with E-state index in [1.165, 1.54) is 0 Å². The van der Waals surface area contributed by atoms with Gasteiger partial charge in [0.15, 0.2) is 0 Å². The van der Waals surface area contributed by atoms with Crippen LogP contribution in [0.5, 0.6) is 0 Å². The molecule has 1 saturated carbocycles. The molecular weight excluding hydrogens is 644 g/mol. The molecule has 46 heavy (non-hydrogen) atoms. The summed E-state index contributed by atoms with van der Waals surface area (Å²) in [4.78, 5) is 32.6. The van der Waals surface area contributed by atoms with Crippen molar-refractivity contribution in [3.63, 3.8) is 0 Å². The van der Waals surface area contributed by atoms with Crippen LogP contribution in [0.15, 0.2) is 24.3 Å². The smallest absolute Gasteiger partial charge is 0.386 e. The van der Waals surface area contributed by atoms with Crippen molar-refractivity contribution in [1.82, 2.24) is 20.2 Å². The van der Waals surface area contributed by atoms with E-state index in [0.29, 0.717) is 62.6 Å². The fraction of sp³-hybridized carbons (Fsp3) is 0.531. The molecule has 14 heteroatoms. The van der Waals surface area contributed by atoms with Gasteiger partial charge in [0.2, 0.25) is 11.9 Å². The minimum atomic E-state index is -4.23. The van der Waals surface area contributed by atoms with E-state index >= 15 is 0 Å². The number of aromatic nitrogens is 2. The third-order valence-electron chi connectivity index (χ3n) is 8.70. The number of fused-ring (bicyclic) bond motifs is 1. The Bertz CT molecular complexity index is 1650. The molecule has 1 aliphatic carbocycles. The standard InChI is InChI=1S/C32H39Cl2F3N6O3/c1-30(2,3)28(45)38-14-17-6-11-21(33)26(25(17)34)41-29-40-22-12-20(23(13-24(22)42(29)5)43-15-31(4,46)16-43)27(44)39-19-9-7-18(8-10-19)32(35,36)37/h6,11-13,18-19,46H,7-10,14-16H2,1-5H3,(H,38,45)(H,39,44)(H,40,41)/t18-,19-. The van der Waals surface area contributed by atoms with E-state index in [-0.39, 0.29) is 44.2 Å². The molecule has 0 unspecified atom stereocenters. The minimum Gasteiger partial charge on any atom is -0.386 e. The van der Waals surface area contributed by atoms with Crippen LogP contribution < -0.4 is 20.9 Å². The summed E-state index contributed by atoms with van der Waals surface area (Å²) in [5, 5.41) is 20.1. The number of carbonyl (C=O) groups excluding carboxylic acids is 2. The molecule has 9 nitrogen and oxygen atoms in total. The molecule has 0 spiro atoms. The molecule has 2 heterocycles. The van der Waals surface area contributed by atoms with Crippen LogP contribution in [-0.4, -0.2) is 57.4 Å². The molecule has 5 rings (SSSR count). The predicted molar refractivity (Wildman–Crippen MR) is 174 cm³/mol. The molecule has 3 aromatic rings. The number of imidazole rings is 1. The lowest BCUT2D eigenvalue weighted by Gasteiger charge is -2.46. The van der Waals surface area contributed by atoms with Crippen molar-refractivity contribution >= 4 is 63.4 Å². The number of hydrogen-bond donors (Lipinski definition) is 4. The molecule has 2 amide bonds. The number of benzene rings is 2. The molecule has 0 radical (unpaired) electrons. The fourth-order valence-corrected chi connectivity index (χ4v) is 6.49. The van der Waals surface area contributed by atoms with Crippen molar-refractivity contribution in [3.8, 4) is 0 Å². The third kappa shape index (κ3) is 7.18. The Balaban J connectivity index is 1.42. The quantitative estimate of drug-likeness (QED) is 0.221. The van der Waals surface area contributed by atoms with E-state index in [4.69, 9.17) is 28.2 Å². The second kappa shape index (κ2) is 12.4. The Labute approximate surface area is 275 Å². The monoisotopic (exact) mass is 682 g/mol. The molecule has 4 N–H and O–H groups in total. The maximum atomic E-state index is 13.6. The van der Waals surface area contributed by atoms with Gasteiger partial charge in [0.25, 0.3) is 5.91 Å². The molecule has 1 aliphatic heterocycles. The largest absolute Gasteiger partial charge is 0.391 e. The summed E-state index contributed by atoms with van der Waals surface area (Å²) in [7, 11) is 1.79. The van der Waals surface area contributed by atoms with Crippen LogP contribution in [-0.2, 0) is 18.4 Å². The number of nitrogens with one attached hydrogen (secondary N) is 3. The molecule has 250 valence electrons. The van der Waals surface area contributed by atoms with Gasteiger partial charge in [0.05, 0.1) is 49.5 Å². The molecule has 2 fully saturated rings. The summed E-state index contributed by atoms with van der Waals surface area (Å²) < 4.78 is 41.3. The average Bonchev–Trinajstić information content (AvgIpc) is 3.25. The molecule has 1 aromatic heterocycles. The summed E-state index contributed by atoms with van der Waals surface area (Å²) in [6, 6.07) is 6.51. The van der Waals surface area contributed by atoms with Gasteiger partial charge in [-0.2, -0.15) is 13.2 Å². The number of aryl methyl sites for hydroxylation is 1. The Morgan fingerprint density at radius 3 is 2.33 bits per heavy atom. The summed E-state index contributed by atoms with van der Waals surface area (Å²) in [5.74, 6) is -1.49. The number of amides is 2. The first-order valence-corrected chi connectivity index (χ1v) is 16.0. The number of hydrogen-bond acceptors (Lipinski definition) is 6. The summed E-state index contributed by atoms with van der Waals surface area (Å²) >= 11 is 13.3. The number of alkyl halides is 3. The summed E-state index contributed by atoms with van der Waals surface area (Å²) in [5.41, 5.74) is 1.65. The van der Waals surface area contributed by atoms with Crippen molar-refractivity contribution in [1.29, 1.82) is 0 Å². The van der Waals surface area contributed by atoms with Crippen molar-refractivity contribution < 1.29 is 27.9 Å². The number of aliphatic hydroxyl groups is 1. The van der Waals surface area contributed by atoms with Crippen LogP contribution in [0.2, 0.25) is 10.0 Å². The van der Waals surface area contributed by atoms with Crippen LogP contribution in [0.4, 0.5) is 30.5 Å². The maximum Gasteiger partial charge on any atom is 0.391 e. The van der Waals surface area contributed by atoms with Crippen LogP contribution in [0, 0.1) is 11.3 Å². The van der Waals surface area contributed by atoms with Crippen molar-refractivity contribution in [2.45, 2.75) is 77.7 Å². The lowest BCUT2D eigenvalue weighted by Crippen LogP contribution is -2.60. The van der Waals surface area contributed by atoms with Crippen LogP contribution in [0.3, 0.4) is 0 Å².